The van der Waals surface area contributed by atoms with Crippen molar-refractivity contribution in [1.29, 1.82) is 0 Å². The van der Waals surface area contributed by atoms with E-state index >= 15 is 0 Å². The van der Waals surface area contributed by atoms with E-state index in [-0.39, 0.29) is 0 Å². The van der Waals surface area contributed by atoms with E-state index in [1.165, 1.54) is 0 Å². The average molecular weight is 250 g/mol. The third kappa shape index (κ3) is 2.51. The number of aryl methyl sites for hydroxylation is 1. The second kappa shape index (κ2) is 5.34. The van der Waals surface area contributed by atoms with E-state index in [0.29, 0.717) is 11.6 Å². The highest BCUT2D eigenvalue weighted by Gasteiger charge is 2.06. The number of nitrogens with zero attached hydrogens (tertiary/aromatic N) is 2. The van der Waals surface area contributed by atoms with Crippen LogP contribution in [0.1, 0.15) is 24.7 Å². The Morgan fingerprint density at radius 3 is 2.88 bits per heavy atom. The van der Waals surface area contributed by atoms with Gasteiger partial charge in [-0.05, 0) is 24.1 Å². The van der Waals surface area contributed by atoms with Gasteiger partial charge in [-0.25, -0.2) is 4.98 Å². The normalized spacial score (nSPS) is 10.8. The zero-order valence-electron chi connectivity index (χ0n) is 9.86. The molecule has 3 nitrogen and oxygen atoms in total. The van der Waals surface area contributed by atoms with Crippen molar-refractivity contribution >= 4 is 11.6 Å². The third-order valence-electron chi connectivity index (χ3n) is 2.73. The van der Waals surface area contributed by atoms with Crippen molar-refractivity contribution in [2.75, 3.05) is 0 Å². The maximum Gasteiger partial charge on any atom is 0.113 e. The van der Waals surface area contributed by atoms with Gasteiger partial charge in [0.2, 0.25) is 0 Å². The lowest BCUT2D eigenvalue weighted by atomic mass is 10.2. The Morgan fingerprint density at radius 2 is 2.24 bits per heavy atom. The minimum Gasteiger partial charge on any atom is -0.326 e. The summed E-state index contributed by atoms with van der Waals surface area (Å²) in [5.74, 6) is 1.06. The van der Waals surface area contributed by atoms with Crippen molar-refractivity contribution in [3.63, 3.8) is 0 Å². The standard InChI is InChI=1S/C13H16ClN3/c1-2-3-13-16-6-7-17(13)11-5-4-10(9-15)12(14)8-11/h4-8H,2-3,9,15H2,1H3. The molecule has 2 rings (SSSR count). The predicted molar refractivity (Wildman–Crippen MR) is 70.5 cm³/mol. The van der Waals surface area contributed by atoms with Crippen LogP contribution in [0, 0.1) is 0 Å². The molecule has 0 atom stereocenters. The summed E-state index contributed by atoms with van der Waals surface area (Å²) < 4.78 is 2.07. The van der Waals surface area contributed by atoms with Gasteiger partial charge in [-0.3, -0.25) is 0 Å². The molecular weight excluding hydrogens is 234 g/mol. The molecule has 90 valence electrons. The molecule has 0 amide bonds. The van der Waals surface area contributed by atoms with E-state index in [0.717, 1.165) is 29.9 Å². The van der Waals surface area contributed by atoms with Crippen LogP contribution in [0.4, 0.5) is 0 Å². The summed E-state index contributed by atoms with van der Waals surface area (Å²) in [5, 5.41) is 0.709. The number of hydrogen-bond acceptors (Lipinski definition) is 2. The first-order chi connectivity index (χ1) is 8.26. The lowest BCUT2D eigenvalue weighted by molar-refractivity contribution is 0.809. The molecule has 0 spiro atoms. The Balaban J connectivity index is 2.39. The molecule has 0 aliphatic rings. The molecule has 0 saturated carbocycles. The summed E-state index contributed by atoms with van der Waals surface area (Å²) in [6.45, 7) is 2.61. The molecule has 0 bridgehead atoms. The maximum atomic E-state index is 6.16. The van der Waals surface area contributed by atoms with E-state index in [2.05, 4.69) is 16.5 Å². The minimum absolute atomic E-state index is 0.463. The van der Waals surface area contributed by atoms with Crippen molar-refractivity contribution in [2.45, 2.75) is 26.3 Å². The second-order valence-electron chi connectivity index (χ2n) is 3.94. The van der Waals surface area contributed by atoms with Crippen molar-refractivity contribution in [3.05, 3.63) is 47.0 Å². The van der Waals surface area contributed by atoms with Crippen molar-refractivity contribution in [2.24, 2.45) is 5.73 Å². The van der Waals surface area contributed by atoms with Crippen LogP contribution in [0.5, 0.6) is 0 Å². The molecule has 0 radical (unpaired) electrons. The topological polar surface area (TPSA) is 43.8 Å². The first-order valence-electron chi connectivity index (χ1n) is 5.77. The molecule has 0 aliphatic heterocycles. The molecule has 1 aromatic heterocycles. The zero-order valence-corrected chi connectivity index (χ0v) is 10.6. The summed E-state index contributed by atoms with van der Waals surface area (Å²) in [5.41, 5.74) is 7.59. The molecule has 2 N–H and O–H groups in total. The lowest BCUT2D eigenvalue weighted by Crippen LogP contribution is -2.02. The average Bonchev–Trinajstić information content (AvgIpc) is 2.78. The van der Waals surface area contributed by atoms with E-state index in [1.54, 1.807) is 0 Å². The second-order valence-corrected chi connectivity index (χ2v) is 4.35. The van der Waals surface area contributed by atoms with Crippen LogP contribution >= 0.6 is 11.6 Å². The fraction of sp³-hybridized carbons (Fsp3) is 0.308. The van der Waals surface area contributed by atoms with Crippen LogP contribution in [0.25, 0.3) is 5.69 Å². The molecule has 0 aliphatic carbocycles. The first kappa shape index (κ1) is 12.1. The van der Waals surface area contributed by atoms with Gasteiger partial charge in [0.25, 0.3) is 0 Å². The predicted octanol–water partition coefficient (Wildman–Crippen LogP) is 2.94. The van der Waals surface area contributed by atoms with Gasteiger partial charge in [-0.2, -0.15) is 0 Å². The minimum atomic E-state index is 0.463. The monoisotopic (exact) mass is 249 g/mol. The molecule has 1 aromatic carbocycles. The van der Waals surface area contributed by atoms with Crippen molar-refractivity contribution in [1.82, 2.24) is 9.55 Å². The lowest BCUT2D eigenvalue weighted by Gasteiger charge is -2.09. The van der Waals surface area contributed by atoms with Crippen LogP contribution < -0.4 is 5.73 Å². The third-order valence-corrected chi connectivity index (χ3v) is 3.08. The van der Waals surface area contributed by atoms with Crippen LogP contribution in [0.15, 0.2) is 30.6 Å². The van der Waals surface area contributed by atoms with Gasteiger partial charge in [0.1, 0.15) is 5.82 Å². The van der Waals surface area contributed by atoms with E-state index in [4.69, 9.17) is 17.3 Å². The Morgan fingerprint density at radius 1 is 1.41 bits per heavy atom. The van der Waals surface area contributed by atoms with Gasteiger partial charge in [0.05, 0.1) is 0 Å². The molecule has 4 heteroatoms. The molecule has 17 heavy (non-hydrogen) atoms. The Kier molecular flexibility index (Phi) is 3.82. The molecule has 2 aromatic rings. The summed E-state index contributed by atoms with van der Waals surface area (Å²) in [4.78, 5) is 4.35. The number of nitrogens with two attached hydrogens (primary N) is 1. The maximum absolute atomic E-state index is 6.16. The molecule has 0 saturated heterocycles. The van der Waals surface area contributed by atoms with Gasteiger partial charge in [-0.15, -0.1) is 0 Å². The summed E-state index contributed by atoms with van der Waals surface area (Å²) in [6, 6.07) is 5.92. The van der Waals surface area contributed by atoms with Crippen LogP contribution in [0.2, 0.25) is 5.02 Å². The van der Waals surface area contributed by atoms with E-state index in [1.807, 2.05) is 30.6 Å². The molecule has 0 fully saturated rings. The van der Waals surface area contributed by atoms with Gasteiger partial charge >= 0.3 is 0 Å². The highest BCUT2D eigenvalue weighted by molar-refractivity contribution is 6.31. The van der Waals surface area contributed by atoms with E-state index in [9.17, 15) is 0 Å². The number of aromatic nitrogens is 2. The zero-order chi connectivity index (χ0) is 12.3. The highest BCUT2D eigenvalue weighted by atomic mass is 35.5. The van der Waals surface area contributed by atoms with E-state index < -0.39 is 0 Å². The number of imidazole rings is 1. The highest BCUT2D eigenvalue weighted by Crippen LogP contribution is 2.21. The van der Waals surface area contributed by atoms with Gasteiger partial charge in [0.15, 0.2) is 0 Å². The van der Waals surface area contributed by atoms with Gasteiger partial charge < -0.3 is 10.3 Å². The Labute approximate surface area is 106 Å². The number of benzene rings is 1. The fourth-order valence-corrected chi connectivity index (χ4v) is 2.08. The number of hydrogen-bond donors (Lipinski definition) is 1. The number of rotatable bonds is 4. The van der Waals surface area contributed by atoms with Crippen LogP contribution in [-0.2, 0) is 13.0 Å². The summed E-state index contributed by atoms with van der Waals surface area (Å²) >= 11 is 6.16. The van der Waals surface area contributed by atoms with Crippen molar-refractivity contribution in [3.8, 4) is 5.69 Å². The van der Waals surface area contributed by atoms with Crippen LogP contribution in [-0.4, -0.2) is 9.55 Å². The van der Waals surface area contributed by atoms with Crippen LogP contribution in [0.3, 0.4) is 0 Å². The summed E-state index contributed by atoms with van der Waals surface area (Å²) in [7, 11) is 0. The SMILES string of the molecule is CCCc1nccn1-c1ccc(CN)c(Cl)c1. The fourth-order valence-electron chi connectivity index (χ4n) is 1.83. The smallest absolute Gasteiger partial charge is 0.113 e. The summed E-state index contributed by atoms with van der Waals surface area (Å²) in [6.07, 6.45) is 5.81. The van der Waals surface area contributed by atoms with Gasteiger partial charge in [-0.1, -0.05) is 24.6 Å². The molecule has 1 heterocycles. The molecule has 0 unspecified atom stereocenters. The molecular formula is C13H16ClN3. The Hall–Kier alpha value is -1.32. The number of halogens is 1. The largest absolute Gasteiger partial charge is 0.326 e. The van der Waals surface area contributed by atoms with Gasteiger partial charge in [0, 0.05) is 36.1 Å². The van der Waals surface area contributed by atoms with Crippen molar-refractivity contribution < 1.29 is 0 Å². The quantitative estimate of drug-likeness (QED) is 0.906. The first-order valence-corrected chi connectivity index (χ1v) is 6.15. The Bertz CT molecular complexity index is 505.